The van der Waals surface area contributed by atoms with Gasteiger partial charge in [-0.1, -0.05) is 5.92 Å². The highest BCUT2D eigenvalue weighted by atomic mass is 16.5. The Bertz CT molecular complexity index is 575. The second-order valence-electron chi connectivity index (χ2n) is 5.69. The van der Waals surface area contributed by atoms with Gasteiger partial charge in [-0.3, -0.25) is 4.79 Å². The zero-order chi connectivity index (χ0) is 16.2. The minimum atomic E-state index is -1.11. The van der Waals surface area contributed by atoms with Crippen LogP contribution in [0, 0.1) is 11.8 Å². The van der Waals surface area contributed by atoms with E-state index in [9.17, 15) is 9.90 Å². The molecule has 0 aromatic carbocycles. The molecule has 0 radical (unpaired) electrons. The second kappa shape index (κ2) is 6.97. The smallest absolute Gasteiger partial charge is 0.287 e. The fraction of sp³-hybridized carbons (Fsp3) is 0.562. The summed E-state index contributed by atoms with van der Waals surface area (Å²) in [7, 11) is 1.59. The summed E-state index contributed by atoms with van der Waals surface area (Å²) in [5.74, 6) is 5.53. The Hall–Kier alpha value is -1.81. The lowest BCUT2D eigenvalue weighted by Gasteiger charge is -2.30. The van der Waals surface area contributed by atoms with E-state index in [1.165, 1.54) is 0 Å². The van der Waals surface area contributed by atoms with Crippen LogP contribution in [-0.2, 0) is 9.47 Å². The zero-order valence-electron chi connectivity index (χ0n) is 13.0. The molecule has 0 spiro atoms. The van der Waals surface area contributed by atoms with E-state index < -0.39 is 5.60 Å². The van der Waals surface area contributed by atoms with Crippen LogP contribution < -0.4 is 5.32 Å². The van der Waals surface area contributed by atoms with Crippen molar-refractivity contribution in [2.24, 2.45) is 0 Å². The molecule has 1 aliphatic heterocycles. The number of hydrogen-bond acceptors (Lipinski definition) is 5. The fourth-order valence-electron chi connectivity index (χ4n) is 2.09. The minimum Gasteiger partial charge on any atom is -0.443 e. The van der Waals surface area contributed by atoms with Gasteiger partial charge in [-0.15, -0.1) is 0 Å². The van der Waals surface area contributed by atoms with E-state index in [-0.39, 0.29) is 23.8 Å². The molecule has 120 valence electrons. The van der Waals surface area contributed by atoms with Crippen LogP contribution in [0.4, 0.5) is 0 Å². The molecule has 22 heavy (non-hydrogen) atoms. The Labute approximate surface area is 129 Å². The quantitative estimate of drug-likeness (QED) is 0.812. The number of carbonyl (C=O) groups excluding carboxylic acids is 1. The SMILES string of the molecule is CO[C@H]1COCC[C@@H]1NC(=O)c1ccc(C#CC(C)(C)O)o1. The average Bonchev–Trinajstić information content (AvgIpc) is 2.94. The van der Waals surface area contributed by atoms with Crippen LogP contribution in [0.15, 0.2) is 16.5 Å². The van der Waals surface area contributed by atoms with Gasteiger partial charge in [-0.05, 0) is 38.3 Å². The van der Waals surface area contributed by atoms with Gasteiger partial charge in [0, 0.05) is 13.7 Å². The van der Waals surface area contributed by atoms with Crippen molar-refractivity contribution in [1.82, 2.24) is 5.32 Å². The number of nitrogens with one attached hydrogen (secondary N) is 1. The number of hydrogen-bond donors (Lipinski definition) is 2. The number of aliphatic hydroxyl groups is 1. The third-order valence-corrected chi connectivity index (χ3v) is 3.24. The van der Waals surface area contributed by atoms with Crippen LogP contribution in [0.5, 0.6) is 0 Å². The average molecular weight is 307 g/mol. The lowest BCUT2D eigenvalue weighted by Crippen LogP contribution is -2.49. The van der Waals surface area contributed by atoms with Gasteiger partial charge in [0.2, 0.25) is 0 Å². The van der Waals surface area contributed by atoms with Crippen LogP contribution >= 0.6 is 0 Å². The molecule has 1 fully saturated rings. The predicted octanol–water partition coefficient (Wildman–Crippen LogP) is 0.936. The zero-order valence-corrected chi connectivity index (χ0v) is 13.0. The summed E-state index contributed by atoms with van der Waals surface area (Å²) in [6.45, 7) is 4.20. The van der Waals surface area contributed by atoms with Crippen LogP contribution in [-0.4, -0.2) is 49.1 Å². The molecule has 1 saturated heterocycles. The Kier molecular flexibility index (Phi) is 5.24. The third kappa shape index (κ3) is 4.60. The first-order valence-electron chi connectivity index (χ1n) is 7.16. The molecule has 1 aromatic rings. The Morgan fingerprint density at radius 1 is 1.50 bits per heavy atom. The van der Waals surface area contributed by atoms with Gasteiger partial charge in [-0.25, -0.2) is 0 Å². The largest absolute Gasteiger partial charge is 0.443 e. The molecule has 0 unspecified atom stereocenters. The van der Waals surface area contributed by atoms with Crippen molar-refractivity contribution >= 4 is 5.91 Å². The van der Waals surface area contributed by atoms with Gasteiger partial charge in [0.05, 0.1) is 12.6 Å². The van der Waals surface area contributed by atoms with E-state index in [2.05, 4.69) is 17.2 Å². The lowest BCUT2D eigenvalue weighted by atomic mass is 10.1. The molecule has 0 bridgehead atoms. The second-order valence-corrected chi connectivity index (χ2v) is 5.69. The van der Waals surface area contributed by atoms with Gasteiger partial charge in [-0.2, -0.15) is 0 Å². The van der Waals surface area contributed by atoms with E-state index in [1.54, 1.807) is 33.1 Å². The first kappa shape index (κ1) is 16.6. The third-order valence-electron chi connectivity index (χ3n) is 3.24. The highest BCUT2D eigenvalue weighted by Crippen LogP contribution is 2.13. The van der Waals surface area contributed by atoms with Gasteiger partial charge < -0.3 is 24.3 Å². The lowest BCUT2D eigenvalue weighted by molar-refractivity contribution is -0.0480. The summed E-state index contributed by atoms with van der Waals surface area (Å²) in [6, 6.07) is 3.05. The molecule has 1 amide bonds. The molecular weight excluding hydrogens is 286 g/mol. The Balaban J connectivity index is 2.01. The van der Waals surface area contributed by atoms with Crippen LogP contribution in [0.1, 0.15) is 36.6 Å². The van der Waals surface area contributed by atoms with Gasteiger partial charge >= 0.3 is 0 Å². The maximum Gasteiger partial charge on any atom is 0.287 e. The molecular formula is C16H21NO5. The summed E-state index contributed by atoms with van der Waals surface area (Å²) >= 11 is 0. The van der Waals surface area contributed by atoms with E-state index in [4.69, 9.17) is 13.9 Å². The van der Waals surface area contributed by atoms with Crippen LogP contribution in [0.2, 0.25) is 0 Å². The van der Waals surface area contributed by atoms with E-state index in [0.717, 1.165) is 0 Å². The number of carbonyl (C=O) groups is 1. The summed E-state index contributed by atoms with van der Waals surface area (Å²) in [5, 5.41) is 12.4. The number of ether oxygens (including phenoxy) is 2. The Morgan fingerprint density at radius 3 is 2.95 bits per heavy atom. The van der Waals surface area contributed by atoms with Crippen molar-refractivity contribution in [1.29, 1.82) is 0 Å². The van der Waals surface area contributed by atoms with Gasteiger partial charge in [0.1, 0.15) is 11.7 Å². The number of rotatable bonds is 3. The van der Waals surface area contributed by atoms with Crippen molar-refractivity contribution in [3.63, 3.8) is 0 Å². The summed E-state index contributed by atoms with van der Waals surface area (Å²) < 4.78 is 16.0. The molecule has 2 N–H and O–H groups in total. The first-order valence-corrected chi connectivity index (χ1v) is 7.16. The van der Waals surface area contributed by atoms with Crippen molar-refractivity contribution in [3.05, 3.63) is 23.7 Å². The molecule has 0 aliphatic carbocycles. The number of methoxy groups -OCH3 is 1. The van der Waals surface area contributed by atoms with E-state index in [0.29, 0.717) is 25.4 Å². The molecule has 6 heteroatoms. The van der Waals surface area contributed by atoms with E-state index >= 15 is 0 Å². The topological polar surface area (TPSA) is 80.9 Å². The predicted molar refractivity (Wildman–Crippen MR) is 79.4 cm³/mol. The maximum atomic E-state index is 12.2. The van der Waals surface area contributed by atoms with E-state index in [1.807, 2.05) is 0 Å². The highest BCUT2D eigenvalue weighted by Gasteiger charge is 2.28. The number of amides is 1. The molecule has 2 rings (SSSR count). The van der Waals surface area contributed by atoms with Crippen molar-refractivity contribution in [3.8, 4) is 11.8 Å². The summed E-state index contributed by atoms with van der Waals surface area (Å²) in [4.78, 5) is 12.2. The molecule has 1 aromatic heterocycles. The standard InChI is InChI=1S/C16H21NO5/c1-16(2,19)8-6-11-4-5-13(22-11)15(18)17-12-7-9-21-10-14(12)20-3/h4-5,12,14,19H,7,9-10H2,1-3H3,(H,17,18)/t12-,14-/m0/s1. The normalized spacial score (nSPS) is 21.8. The highest BCUT2D eigenvalue weighted by molar-refractivity contribution is 5.91. The molecule has 2 atom stereocenters. The monoisotopic (exact) mass is 307 g/mol. The molecule has 1 aliphatic rings. The van der Waals surface area contributed by atoms with Crippen LogP contribution in [0.25, 0.3) is 0 Å². The summed E-state index contributed by atoms with van der Waals surface area (Å²) in [5.41, 5.74) is -1.11. The summed E-state index contributed by atoms with van der Waals surface area (Å²) in [6.07, 6.45) is 0.526. The van der Waals surface area contributed by atoms with Gasteiger partial charge in [0.25, 0.3) is 5.91 Å². The Morgan fingerprint density at radius 2 is 2.27 bits per heavy atom. The van der Waals surface area contributed by atoms with Crippen molar-refractivity contribution in [2.75, 3.05) is 20.3 Å². The fourth-order valence-corrected chi connectivity index (χ4v) is 2.09. The maximum absolute atomic E-state index is 12.2. The van der Waals surface area contributed by atoms with Crippen LogP contribution in [0.3, 0.4) is 0 Å². The number of furan rings is 1. The minimum absolute atomic E-state index is 0.109. The molecule has 6 nitrogen and oxygen atoms in total. The molecule has 0 saturated carbocycles. The molecule has 2 heterocycles. The first-order chi connectivity index (χ1) is 10.4. The van der Waals surface area contributed by atoms with Crippen molar-refractivity contribution < 1.29 is 23.8 Å². The van der Waals surface area contributed by atoms with Gasteiger partial charge in [0.15, 0.2) is 11.5 Å². The van der Waals surface area contributed by atoms with Crippen molar-refractivity contribution in [2.45, 2.75) is 38.0 Å².